The van der Waals surface area contributed by atoms with Crippen molar-refractivity contribution in [1.82, 2.24) is 5.32 Å². The van der Waals surface area contributed by atoms with Gasteiger partial charge in [0.05, 0.1) is 4.90 Å². The molecule has 0 saturated carbocycles. The fraction of sp³-hybridized carbons (Fsp3) is 0.130. The van der Waals surface area contributed by atoms with Crippen LogP contribution in [0.1, 0.15) is 11.1 Å². The lowest BCUT2D eigenvalue weighted by Crippen LogP contribution is -2.37. The predicted molar refractivity (Wildman–Crippen MR) is 137 cm³/mol. The molecule has 0 aliphatic rings. The van der Waals surface area contributed by atoms with Crippen LogP contribution in [0.4, 0.5) is 11.4 Å². The van der Waals surface area contributed by atoms with E-state index in [0.717, 1.165) is 15.6 Å². The highest BCUT2D eigenvalue weighted by Crippen LogP contribution is 2.20. The third kappa shape index (κ3) is 7.55. The molecule has 0 aliphatic heterocycles. The Hall–Kier alpha value is -2.95. The zero-order valence-corrected chi connectivity index (χ0v) is 21.1. The Morgan fingerprint density at radius 1 is 0.939 bits per heavy atom. The van der Waals surface area contributed by atoms with Crippen LogP contribution in [0.5, 0.6) is 5.75 Å². The third-order valence-electron chi connectivity index (χ3n) is 4.33. The summed E-state index contributed by atoms with van der Waals surface area (Å²) >= 11 is 8.47. The van der Waals surface area contributed by atoms with Crippen LogP contribution in [0.2, 0.25) is 0 Å². The van der Waals surface area contributed by atoms with E-state index in [-0.39, 0.29) is 16.6 Å². The van der Waals surface area contributed by atoms with Crippen molar-refractivity contribution in [3.05, 3.63) is 82.3 Å². The molecule has 3 aromatic carbocycles. The minimum atomic E-state index is -3.75. The molecule has 10 heteroatoms. The fourth-order valence-corrected chi connectivity index (χ4v) is 4.51. The number of carbonyl (C=O) groups is 1. The molecule has 0 atom stereocenters. The van der Waals surface area contributed by atoms with Crippen molar-refractivity contribution in [2.24, 2.45) is 0 Å². The highest BCUT2D eigenvalue weighted by Gasteiger charge is 2.15. The number of halogens is 1. The fourth-order valence-electron chi connectivity index (χ4n) is 2.97. The van der Waals surface area contributed by atoms with Crippen LogP contribution in [-0.4, -0.2) is 26.0 Å². The molecule has 3 rings (SSSR count). The Balaban J connectivity index is 1.54. The van der Waals surface area contributed by atoms with Crippen LogP contribution in [-0.2, 0) is 14.8 Å². The molecule has 1 amide bonds. The smallest absolute Gasteiger partial charge is 0.264 e. The van der Waals surface area contributed by atoms with Crippen molar-refractivity contribution in [3.8, 4) is 5.75 Å². The van der Waals surface area contributed by atoms with Gasteiger partial charge >= 0.3 is 0 Å². The summed E-state index contributed by atoms with van der Waals surface area (Å²) < 4.78 is 34.2. The van der Waals surface area contributed by atoms with E-state index < -0.39 is 15.9 Å². The van der Waals surface area contributed by atoms with Gasteiger partial charge in [-0.25, -0.2) is 8.42 Å². The normalized spacial score (nSPS) is 10.9. The van der Waals surface area contributed by atoms with Crippen LogP contribution in [0.3, 0.4) is 0 Å². The van der Waals surface area contributed by atoms with Gasteiger partial charge < -0.3 is 10.1 Å². The largest absolute Gasteiger partial charge is 0.484 e. The van der Waals surface area contributed by atoms with Crippen molar-refractivity contribution in [2.75, 3.05) is 16.6 Å². The Bertz CT molecular complexity index is 1240. The maximum Gasteiger partial charge on any atom is 0.264 e. The van der Waals surface area contributed by atoms with Crippen molar-refractivity contribution in [1.29, 1.82) is 0 Å². The molecule has 0 heterocycles. The lowest BCUT2D eigenvalue weighted by atomic mass is 10.1. The van der Waals surface area contributed by atoms with Gasteiger partial charge in [0.15, 0.2) is 11.7 Å². The van der Waals surface area contributed by atoms with Crippen LogP contribution in [0, 0.1) is 13.8 Å². The summed E-state index contributed by atoms with van der Waals surface area (Å²) in [6, 6.07) is 18.6. The molecule has 172 valence electrons. The van der Waals surface area contributed by atoms with Crippen LogP contribution in [0.25, 0.3) is 0 Å². The van der Waals surface area contributed by atoms with Crippen molar-refractivity contribution in [3.63, 3.8) is 0 Å². The monoisotopic (exact) mass is 547 g/mol. The highest BCUT2D eigenvalue weighted by atomic mass is 79.9. The van der Waals surface area contributed by atoms with Gasteiger partial charge in [0, 0.05) is 15.8 Å². The van der Waals surface area contributed by atoms with E-state index >= 15 is 0 Å². The lowest BCUT2D eigenvalue weighted by molar-refractivity contribution is -0.121. The average Bonchev–Trinajstić information content (AvgIpc) is 2.72. The molecule has 0 unspecified atom stereocenters. The minimum Gasteiger partial charge on any atom is -0.484 e. The Kier molecular flexibility index (Phi) is 8.06. The maximum absolute atomic E-state index is 12.7. The van der Waals surface area contributed by atoms with Crippen LogP contribution >= 0.6 is 28.1 Å². The Morgan fingerprint density at radius 3 is 2.15 bits per heavy atom. The van der Waals surface area contributed by atoms with Crippen LogP contribution < -0.4 is 20.1 Å². The van der Waals surface area contributed by atoms with Gasteiger partial charge in [0.25, 0.3) is 15.9 Å². The van der Waals surface area contributed by atoms with Crippen molar-refractivity contribution >= 4 is 60.6 Å². The van der Waals surface area contributed by atoms with Crippen LogP contribution in [0.15, 0.2) is 76.1 Å². The highest BCUT2D eigenvalue weighted by molar-refractivity contribution is 9.10. The first-order valence-electron chi connectivity index (χ1n) is 9.81. The van der Waals surface area contributed by atoms with Gasteiger partial charge in [-0.15, -0.1) is 0 Å². The molecule has 0 spiro atoms. The number of anilines is 2. The molecular formula is C23H22BrN3O4S2. The summed E-state index contributed by atoms with van der Waals surface area (Å²) in [5.74, 6) is 0.130. The number of nitrogens with one attached hydrogen (secondary N) is 3. The number of hydrogen-bond donors (Lipinski definition) is 3. The molecule has 0 aromatic heterocycles. The maximum atomic E-state index is 12.7. The zero-order valence-electron chi connectivity index (χ0n) is 17.9. The van der Waals surface area contributed by atoms with Gasteiger partial charge in [0.2, 0.25) is 0 Å². The molecule has 0 radical (unpaired) electrons. The molecular weight excluding hydrogens is 526 g/mol. The SMILES string of the molecule is Cc1cc(C)cc(NS(=O)(=O)c2ccc(NC(=S)NC(=O)COc3ccc(Br)cc3)cc2)c1. The number of aryl methyl sites for hydroxylation is 2. The summed E-state index contributed by atoms with van der Waals surface area (Å²) in [7, 11) is -3.75. The van der Waals surface area contributed by atoms with Gasteiger partial charge in [-0.05, 0) is 97.9 Å². The second-order valence-electron chi connectivity index (χ2n) is 7.25. The number of rotatable bonds is 7. The van der Waals surface area contributed by atoms with Gasteiger partial charge in [-0.2, -0.15) is 0 Å². The molecule has 0 saturated heterocycles. The number of benzene rings is 3. The van der Waals surface area contributed by atoms with Gasteiger partial charge in [-0.1, -0.05) is 22.0 Å². The first-order valence-corrected chi connectivity index (χ1v) is 12.5. The molecule has 0 bridgehead atoms. The second-order valence-corrected chi connectivity index (χ2v) is 10.3. The summed E-state index contributed by atoms with van der Waals surface area (Å²) in [5.41, 5.74) is 2.96. The van der Waals surface area contributed by atoms with E-state index in [9.17, 15) is 13.2 Å². The number of sulfonamides is 1. The van der Waals surface area contributed by atoms with Gasteiger partial charge in [-0.3, -0.25) is 14.8 Å². The van der Waals surface area contributed by atoms with Gasteiger partial charge in [0.1, 0.15) is 5.75 Å². The predicted octanol–water partition coefficient (Wildman–Crippen LogP) is 4.76. The topological polar surface area (TPSA) is 96.5 Å². The summed E-state index contributed by atoms with van der Waals surface area (Å²) in [5, 5.41) is 5.43. The minimum absolute atomic E-state index is 0.0726. The molecule has 0 fully saturated rings. The van der Waals surface area contributed by atoms with E-state index in [1.165, 1.54) is 12.1 Å². The average molecular weight is 548 g/mol. The summed E-state index contributed by atoms with van der Waals surface area (Å²) in [4.78, 5) is 12.1. The number of amides is 1. The first-order chi connectivity index (χ1) is 15.6. The number of ether oxygens (including phenoxy) is 1. The van der Waals surface area contributed by atoms with E-state index in [1.54, 1.807) is 48.5 Å². The number of thiocarbonyl (C=S) groups is 1. The van der Waals surface area contributed by atoms with E-state index in [0.29, 0.717) is 17.1 Å². The molecule has 7 nitrogen and oxygen atoms in total. The van der Waals surface area contributed by atoms with E-state index in [4.69, 9.17) is 17.0 Å². The molecule has 33 heavy (non-hydrogen) atoms. The lowest BCUT2D eigenvalue weighted by Gasteiger charge is -2.12. The third-order valence-corrected chi connectivity index (χ3v) is 6.46. The van der Waals surface area contributed by atoms with Crippen molar-refractivity contribution in [2.45, 2.75) is 18.7 Å². The Labute approximate surface area is 206 Å². The molecule has 3 aromatic rings. The summed E-state index contributed by atoms with van der Waals surface area (Å²) in [6.45, 7) is 3.60. The van der Waals surface area contributed by atoms with E-state index in [2.05, 4.69) is 31.3 Å². The molecule has 0 aliphatic carbocycles. The number of carbonyl (C=O) groups excluding carboxylic acids is 1. The Morgan fingerprint density at radius 2 is 1.55 bits per heavy atom. The van der Waals surface area contributed by atoms with E-state index in [1.807, 2.05) is 19.9 Å². The second kappa shape index (κ2) is 10.8. The first kappa shape index (κ1) is 24.7. The molecule has 3 N–H and O–H groups in total. The number of hydrogen-bond acceptors (Lipinski definition) is 5. The standard InChI is InChI=1S/C23H22BrN3O4S2/c1-15-11-16(2)13-19(12-15)27-33(29,30)21-9-5-18(6-10-21)25-23(32)26-22(28)14-31-20-7-3-17(24)4-8-20/h3-13,27H,14H2,1-2H3,(H2,25,26,28,32). The summed E-state index contributed by atoms with van der Waals surface area (Å²) in [6.07, 6.45) is 0. The van der Waals surface area contributed by atoms with Crippen molar-refractivity contribution < 1.29 is 17.9 Å². The zero-order chi connectivity index (χ0) is 24.0. The quantitative estimate of drug-likeness (QED) is 0.369.